The van der Waals surface area contributed by atoms with Crippen molar-refractivity contribution in [2.75, 3.05) is 11.9 Å². The second kappa shape index (κ2) is 8.68. The van der Waals surface area contributed by atoms with E-state index in [1.54, 1.807) is 18.3 Å². The van der Waals surface area contributed by atoms with Gasteiger partial charge in [0, 0.05) is 17.5 Å². The molecule has 3 atom stereocenters. The lowest BCUT2D eigenvalue weighted by atomic mass is 9.82. The molecule has 0 saturated heterocycles. The molecule has 0 spiro atoms. The van der Waals surface area contributed by atoms with Gasteiger partial charge in [-0.05, 0) is 44.2 Å². The van der Waals surface area contributed by atoms with Crippen LogP contribution in [-0.4, -0.2) is 27.5 Å². The fourth-order valence-electron chi connectivity index (χ4n) is 4.20. The number of carbonyl (C=O) groups excluding carboxylic acids is 1. The number of nitrogens with one attached hydrogen (secondary N) is 1. The number of aryl methyl sites for hydroxylation is 2. The zero-order chi connectivity index (χ0) is 21.8. The molecule has 1 N–H and O–H groups in total. The highest BCUT2D eigenvalue weighted by molar-refractivity contribution is 5.94. The van der Waals surface area contributed by atoms with Crippen molar-refractivity contribution in [3.05, 3.63) is 65.9 Å². The van der Waals surface area contributed by atoms with E-state index in [0.717, 1.165) is 30.8 Å². The molecular formula is C24H25N5O2. The normalized spacial score (nSPS) is 23.8. The number of nitriles is 1. The van der Waals surface area contributed by atoms with Gasteiger partial charge >= 0.3 is 0 Å². The van der Waals surface area contributed by atoms with Crippen molar-refractivity contribution in [2.24, 2.45) is 17.3 Å². The summed E-state index contributed by atoms with van der Waals surface area (Å²) < 4.78 is 6.21. The molecule has 31 heavy (non-hydrogen) atoms. The molecule has 2 aromatic heterocycles. The molecule has 0 radical (unpaired) electrons. The van der Waals surface area contributed by atoms with E-state index < -0.39 is 0 Å². The quantitative estimate of drug-likeness (QED) is 0.739. The number of aromatic nitrogens is 3. The molecule has 4 rings (SSSR count). The topological polar surface area (TPSA) is 101 Å². The minimum atomic E-state index is -0.284. The summed E-state index contributed by atoms with van der Waals surface area (Å²) >= 11 is 0. The molecule has 1 amide bonds. The van der Waals surface area contributed by atoms with Crippen LogP contribution < -0.4 is 10.1 Å². The minimum absolute atomic E-state index is 0.0698. The van der Waals surface area contributed by atoms with Crippen molar-refractivity contribution in [3.63, 3.8) is 0 Å². The Balaban J connectivity index is 1.50. The maximum atomic E-state index is 13.0. The van der Waals surface area contributed by atoms with Gasteiger partial charge in [0.2, 0.25) is 5.91 Å². The smallest absolute Gasteiger partial charge is 0.229 e. The number of hydrogen-bond donors (Lipinski definition) is 1. The number of nitrogens with zero attached hydrogens (tertiary/aromatic N) is 4. The highest BCUT2D eigenvalue weighted by Crippen LogP contribution is 2.60. The molecule has 7 nitrogen and oxygen atoms in total. The first-order valence-electron chi connectivity index (χ1n) is 10.5. The Hall–Kier alpha value is -3.53. The fraction of sp³-hybridized carbons (Fsp3) is 0.375. The number of allylic oxidation sites excluding steroid dienone is 4. The number of carbonyl (C=O) groups is 1. The lowest BCUT2D eigenvalue weighted by Gasteiger charge is -2.26. The summed E-state index contributed by atoms with van der Waals surface area (Å²) in [6.07, 6.45) is 13.9. The van der Waals surface area contributed by atoms with Crippen molar-refractivity contribution >= 4 is 11.7 Å². The Morgan fingerprint density at radius 3 is 2.87 bits per heavy atom. The Morgan fingerprint density at radius 1 is 1.32 bits per heavy atom. The van der Waals surface area contributed by atoms with Crippen LogP contribution in [0.5, 0.6) is 5.75 Å². The lowest BCUT2D eigenvalue weighted by Crippen LogP contribution is -2.29. The van der Waals surface area contributed by atoms with Gasteiger partial charge in [-0.25, -0.2) is 15.0 Å². The van der Waals surface area contributed by atoms with E-state index in [1.807, 2.05) is 32.1 Å². The second-order valence-electron chi connectivity index (χ2n) is 8.05. The Labute approximate surface area is 181 Å². The molecule has 0 bridgehead atoms. The van der Waals surface area contributed by atoms with Crippen LogP contribution >= 0.6 is 0 Å². The fourth-order valence-corrected chi connectivity index (χ4v) is 4.20. The summed E-state index contributed by atoms with van der Waals surface area (Å²) in [5, 5.41) is 11.8. The van der Waals surface area contributed by atoms with Crippen LogP contribution in [0.4, 0.5) is 5.82 Å². The summed E-state index contributed by atoms with van der Waals surface area (Å²) in [5.74, 6) is 1.83. The van der Waals surface area contributed by atoms with Gasteiger partial charge in [0.1, 0.15) is 17.7 Å². The third kappa shape index (κ3) is 4.33. The number of pyridine rings is 1. The van der Waals surface area contributed by atoms with E-state index in [0.29, 0.717) is 23.7 Å². The monoisotopic (exact) mass is 415 g/mol. The van der Waals surface area contributed by atoms with Gasteiger partial charge in [-0.2, -0.15) is 5.26 Å². The van der Waals surface area contributed by atoms with Gasteiger partial charge in [-0.3, -0.25) is 4.79 Å². The van der Waals surface area contributed by atoms with Gasteiger partial charge in [0.15, 0.2) is 5.75 Å². The molecular weight excluding hydrogens is 390 g/mol. The highest BCUT2D eigenvalue weighted by Gasteiger charge is 2.62. The third-order valence-electron chi connectivity index (χ3n) is 6.08. The first kappa shape index (κ1) is 20.7. The Morgan fingerprint density at radius 2 is 2.19 bits per heavy atom. The molecule has 0 aliphatic heterocycles. The van der Waals surface area contributed by atoms with Crippen molar-refractivity contribution in [2.45, 2.75) is 33.1 Å². The predicted molar refractivity (Wildman–Crippen MR) is 116 cm³/mol. The van der Waals surface area contributed by atoms with Crippen molar-refractivity contribution in [3.8, 4) is 11.8 Å². The van der Waals surface area contributed by atoms with E-state index in [2.05, 4.69) is 32.4 Å². The van der Waals surface area contributed by atoms with Crippen LogP contribution in [0.2, 0.25) is 0 Å². The van der Waals surface area contributed by atoms with E-state index in [4.69, 9.17) is 10.00 Å². The van der Waals surface area contributed by atoms with Gasteiger partial charge in [-0.1, -0.05) is 31.2 Å². The van der Waals surface area contributed by atoms with Gasteiger partial charge in [0.25, 0.3) is 0 Å². The minimum Gasteiger partial charge on any atom is -0.489 e. The molecule has 2 aliphatic carbocycles. The Bertz CT molecular complexity index is 1070. The van der Waals surface area contributed by atoms with Crippen LogP contribution in [-0.2, 0) is 11.2 Å². The number of ether oxygens (including phenoxy) is 1. The third-order valence-corrected chi connectivity index (χ3v) is 6.08. The summed E-state index contributed by atoms with van der Waals surface area (Å²) in [6, 6.07) is 5.32. The summed E-state index contributed by atoms with van der Waals surface area (Å²) in [5.41, 5.74) is 1.05. The molecule has 0 aromatic carbocycles. The zero-order valence-electron chi connectivity index (χ0n) is 17.7. The maximum Gasteiger partial charge on any atom is 0.229 e. The van der Waals surface area contributed by atoms with Crippen LogP contribution in [0.3, 0.4) is 0 Å². The standard InChI is InChI=1S/C24H25N5O2/c1-3-20-21(14-26-16(2)28-20)31-15-24(18-7-5-4-6-8-18)11-19(24)23(30)29-22-10-9-17(12-25)13-27-22/h4-7,9-10,13-14,18-19H,3,8,11,15H2,1-2H3,(H,27,29,30)/t18?,19-,24+/m0/s1. The zero-order valence-corrected chi connectivity index (χ0v) is 17.7. The van der Waals surface area contributed by atoms with Crippen LogP contribution in [0, 0.1) is 35.5 Å². The van der Waals surface area contributed by atoms with Gasteiger partial charge in [-0.15, -0.1) is 0 Å². The molecule has 7 heteroatoms. The lowest BCUT2D eigenvalue weighted by molar-refractivity contribution is -0.118. The van der Waals surface area contributed by atoms with Crippen LogP contribution in [0.1, 0.15) is 36.8 Å². The maximum absolute atomic E-state index is 13.0. The molecule has 2 aliphatic rings. The number of amides is 1. The summed E-state index contributed by atoms with van der Waals surface area (Å²) in [4.78, 5) is 25.9. The average Bonchev–Trinajstić information content (AvgIpc) is 3.55. The summed E-state index contributed by atoms with van der Waals surface area (Å²) in [7, 11) is 0. The first-order chi connectivity index (χ1) is 15.1. The summed E-state index contributed by atoms with van der Waals surface area (Å²) in [6.45, 7) is 4.33. The van der Waals surface area contributed by atoms with Crippen molar-refractivity contribution in [1.82, 2.24) is 15.0 Å². The van der Waals surface area contributed by atoms with Gasteiger partial charge < -0.3 is 10.1 Å². The molecule has 158 valence electrons. The van der Waals surface area contributed by atoms with Crippen molar-refractivity contribution in [1.29, 1.82) is 5.26 Å². The Kier molecular flexibility index (Phi) is 5.81. The van der Waals surface area contributed by atoms with Crippen LogP contribution in [0.15, 0.2) is 48.8 Å². The van der Waals surface area contributed by atoms with Crippen molar-refractivity contribution < 1.29 is 9.53 Å². The highest BCUT2D eigenvalue weighted by atomic mass is 16.5. The second-order valence-corrected chi connectivity index (χ2v) is 8.05. The van der Waals surface area contributed by atoms with Crippen LogP contribution in [0.25, 0.3) is 0 Å². The number of anilines is 1. The number of rotatable bonds is 7. The molecule has 2 aromatic rings. The predicted octanol–water partition coefficient (Wildman–Crippen LogP) is 3.77. The number of hydrogen-bond acceptors (Lipinski definition) is 6. The van der Waals surface area contributed by atoms with Gasteiger partial charge in [0.05, 0.1) is 24.1 Å². The molecule has 1 unspecified atom stereocenters. The SMILES string of the molecule is CCc1nc(C)ncc1OC[C@@]1(C2C=CC=CC2)C[C@H]1C(=O)Nc1ccc(C#N)cn1. The van der Waals surface area contributed by atoms with E-state index in [1.165, 1.54) is 6.20 Å². The molecule has 1 fully saturated rings. The van der Waals surface area contributed by atoms with E-state index >= 15 is 0 Å². The molecule has 2 heterocycles. The largest absolute Gasteiger partial charge is 0.489 e. The van der Waals surface area contributed by atoms with E-state index in [-0.39, 0.29) is 23.2 Å². The average molecular weight is 415 g/mol. The molecule has 1 saturated carbocycles. The van der Waals surface area contributed by atoms with E-state index in [9.17, 15) is 4.79 Å². The first-order valence-corrected chi connectivity index (χ1v) is 10.5.